The molecule has 1 unspecified atom stereocenters. The van der Waals surface area contributed by atoms with Gasteiger partial charge >= 0.3 is 0 Å². The van der Waals surface area contributed by atoms with Crippen LogP contribution in [-0.4, -0.2) is 12.2 Å². The molecular formula is C15H13Br2ClO2. The van der Waals surface area contributed by atoms with Crippen LogP contribution in [0.5, 0.6) is 5.75 Å². The first-order chi connectivity index (χ1) is 9.51. The molecule has 0 aromatic heterocycles. The Morgan fingerprint density at radius 1 is 1.15 bits per heavy atom. The summed E-state index contributed by atoms with van der Waals surface area (Å²) in [7, 11) is 1.62. The monoisotopic (exact) mass is 418 g/mol. The lowest BCUT2D eigenvalue weighted by atomic mass is 10.0. The van der Waals surface area contributed by atoms with Crippen LogP contribution in [0.25, 0.3) is 0 Å². The van der Waals surface area contributed by atoms with Gasteiger partial charge in [0, 0.05) is 15.4 Å². The molecule has 0 aliphatic heterocycles. The molecule has 0 saturated heterocycles. The molecule has 0 amide bonds. The number of aliphatic hydroxyl groups excluding tert-OH is 1. The lowest BCUT2D eigenvalue weighted by Gasteiger charge is -2.14. The second-order valence-corrected chi connectivity index (χ2v) is 6.47. The molecule has 2 aromatic rings. The number of halogens is 3. The van der Waals surface area contributed by atoms with E-state index in [4.69, 9.17) is 16.3 Å². The Labute approximate surface area is 140 Å². The molecule has 0 aliphatic rings. The van der Waals surface area contributed by atoms with Gasteiger partial charge in [-0.25, -0.2) is 0 Å². The molecule has 0 heterocycles. The summed E-state index contributed by atoms with van der Waals surface area (Å²) in [4.78, 5) is 0. The largest absolute Gasteiger partial charge is 0.497 e. The van der Waals surface area contributed by atoms with Gasteiger partial charge in [0.05, 0.1) is 18.2 Å². The Bertz CT molecular complexity index is 617. The van der Waals surface area contributed by atoms with Crippen LogP contribution in [0.1, 0.15) is 17.2 Å². The normalized spacial score (nSPS) is 12.2. The SMILES string of the molecule is COc1ccc(Br)c(CC(O)c2ccc(Cl)c(Br)c2)c1. The van der Waals surface area contributed by atoms with Gasteiger partial charge in [0.2, 0.25) is 0 Å². The molecule has 2 rings (SSSR count). The van der Waals surface area contributed by atoms with Crippen LogP contribution < -0.4 is 4.74 Å². The maximum Gasteiger partial charge on any atom is 0.119 e. The molecule has 106 valence electrons. The minimum Gasteiger partial charge on any atom is -0.497 e. The van der Waals surface area contributed by atoms with Crippen LogP contribution in [-0.2, 0) is 6.42 Å². The third-order valence-electron chi connectivity index (χ3n) is 2.99. The maximum atomic E-state index is 10.4. The average Bonchev–Trinajstić information content (AvgIpc) is 2.44. The first kappa shape index (κ1) is 15.8. The predicted octanol–water partition coefficient (Wildman–Crippen LogP) is 5.15. The Balaban J connectivity index is 2.22. The van der Waals surface area contributed by atoms with Crippen LogP contribution in [0, 0.1) is 0 Å². The molecule has 20 heavy (non-hydrogen) atoms. The lowest BCUT2D eigenvalue weighted by Crippen LogP contribution is -2.03. The van der Waals surface area contributed by atoms with E-state index in [2.05, 4.69) is 31.9 Å². The zero-order valence-corrected chi connectivity index (χ0v) is 14.7. The minimum atomic E-state index is -0.605. The Hall–Kier alpha value is -0.550. The van der Waals surface area contributed by atoms with Crippen molar-refractivity contribution in [2.24, 2.45) is 0 Å². The third kappa shape index (κ3) is 3.76. The summed E-state index contributed by atoms with van der Waals surface area (Å²) in [6, 6.07) is 11.1. The first-order valence-electron chi connectivity index (χ1n) is 5.96. The van der Waals surface area contributed by atoms with Crippen molar-refractivity contribution in [3.05, 3.63) is 61.5 Å². The molecule has 0 radical (unpaired) electrons. The number of hydrogen-bond donors (Lipinski definition) is 1. The zero-order valence-electron chi connectivity index (χ0n) is 10.7. The standard InChI is InChI=1S/C15H13Br2ClO2/c1-20-11-3-4-12(16)10(6-11)8-15(19)9-2-5-14(18)13(17)7-9/h2-7,15,19H,8H2,1H3. The van der Waals surface area contributed by atoms with Gasteiger partial charge in [-0.2, -0.15) is 0 Å². The summed E-state index contributed by atoms with van der Waals surface area (Å²) >= 11 is 12.8. The molecular weight excluding hydrogens is 407 g/mol. The molecule has 2 nitrogen and oxygen atoms in total. The smallest absolute Gasteiger partial charge is 0.119 e. The van der Waals surface area contributed by atoms with Crippen LogP contribution in [0.4, 0.5) is 0 Å². The molecule has 0 fully saturated rings. The van der Waals surface area contributed by atoms with Gasteiger partial charge in [-0.15, -0.1) is 0 Å². The summed E-state index contributed by atoms with van der Waals surface area (Å²) in [5.74, 6) is 0.771. The summed E-state index contributed by atoms with van der Waals surface area (Å²) in [6.45, 7) is 0. The Morgan fingerprint density at radius 3 is 2.55 bits per heavy atom. The number of ether oxygens (including phenoxy) is 1. The Kier molecular flexibility index (Phi) is 5.49. The zero-order chi connectivity index (χ0) is 14.7. The van der Waals surface area contributed by atoms with Crippen molar-refractivity contribution in [1.82, 2.24) is 0 Å². The van der Waals surface area contributed by atoms with Gasteiger partial charge in [-0.05, 0) is 57.4 Å². The van der Waals surface area contributed by atoms with E-state index in [0.29, 0.717) is 11.4 Å². The number of methoxy groups -OCH3 is 1. The van der Waals surface area contributed by atoms with Gasteiger partial charge in [-0.1, -0.05) is 33.6 Å². The highest BCUT2D eigenvalue weighted by molar-refractivity contribution is 9.10. The van der Waals surface area contributed by atoms with Crippen LogP contribution in [0.3, 0.4) is 0 Å². The highest BCUT2D eigenvalue weighted by Gasteiger charge is 2.13. The third-order valence-corrected chi connectivity index (χ3v) is 4.98. The van der Waals surface area contributed by atoms with Crippen molar-refractivity contribution in [3.8, 4) is 5.75 Å². The van der Waals surface area contributed by atoms with Crippen molar-refractivity contribution < 1.29 is 9.84 Å². The molecule has 1 N–H and O–H groups in total. The van der Waals surface area contributed by atoms with Gasteiger partial charge < -0.3 is 9.84 Å². The maximum absolute atomic E-state index is 10.4. The number of aliphatic hydroxyl groups is 1. The highest BCUT2D eigenvalue weighted by Crippen LogP contribution is 2.30. The fourth-order valence-electron chi connectivity index (χ4n) is 1.88. The molecule has 0 aliphatic carbocycles. The topological polar surface area (TPSA) is 29.5 Å². The van der Waals surface area contributed by atoms with Crippen LogP contribution in [0.15, 0.2) is 45.3 Å². The molecule has 2 aromatic carbocycles. The van der Waals surface area contributed by atoms with E-state index in [9.17, 15) is 5.11 Å². The predicted molar refractivity (Wildman–Crippen MR) is 88.5 cm³/mol. The van der Waals surface area contributed by atoms with E-state index in [0.717, 1.165) is 25.8 Å². The van der Waals surface area contributed by atoms with Crippen molar-refractivity contribution in [3.63, 3.8) is 0 Å². The van der Waals surface area contributed by atoms with E-state index in [-0.39, 0.29) is 0 Å². The first-order valence-corrected chi connectivity index (χ1v) is 7.93. The second-order valence-electron chi connectivity index (χ2n) is 4.35. The molecule has 0 saturated carbocycles. The van der Waals surface area contributed by atoms with E-state index < -0.39 is 6.10 Å². The van der Waals surface area contributed by atoms with Gasteiger partial charge in [-0.3, -0.25) is 0 Å². The minimum absolute atomic E-state index is 0.492. The van der Waals surface area contributed by atoms with Gasteiger partial charge in [0.25, 0.3) is 0 Å². The van der Waals surface area contributed by atoms with Crippen molar-refractivity contribution in [2.75, 3.05) is 7.11 Å². The van der Waals surface area contributed by atoms with Crippen LogP contribution >= 0.6 is 43.5 Å². The van der Waals surface area contributed by atoms with E-state index >= 15 is 0 Å². The average molecular weight is 421 g/mol. The molecule has 0 spiro atoms. The number of benzene rings is 2. The molecule has 5 heteroatoms. The van der Waals surface area contributed by atoms with E-state index in [1.807, 2.05) is 30.3 Å². The van der Waals surface area contributed by atoms with Crippen molar-refractivity contribution in [2.45, 2.75) is 12.5 Å². The van der Waals surface area contributed by atoms with Crippen molar-refractivity contribution in [1.29, 1.82) is 0 Å². The summed E-state index contributed by atoms with van der Waals surface area (Å²) < 4.78 is 6.93. The number of rotatable bonds is 4. The number of hydrogen-bond acceptors (Lipinski definition) is 2. The molecule has 0 bridgehead atoms. The van der Waals surface area contributed by atoms with Gasteiger partial charge in [0.1, 0.15) is 5.75 Å². The van der Waals surface area contributed by atoms with Gasteiger partial charge in [0.15, 0.2) is 0 Å². The van der Waals surface area contributed by atoms with E-state index in [1.54, 1.807) is 13.2 Å². The fraction of sp³-hybridized carbons (Fsp3) is 0.200. The van der Waals surface area contributed by atoms with Crippen molar-refractivity contribution >= 4 is 43.5 Å². The Morgan fingerprint density at radius 2 is 1.90 bits per heavy atom. The summed E-state index contributed by atoms with van der Waals surface area (Å²) in [5, 5.41) is 11.0. The van der Waals surface area contributed by atoms with Crippen LogP contribution in [0.2, 0.25) is 5.02 Å². The van der Waals surface area contributed by atoms with E-state index in [1.165, 1.54) is 0 Å². The molecule has 1 atom stereocenters. The quantitative estimate of drug-likeness (QED) is 0.741. The second kappa shape index (κ2) is 6.94. The summed E-state index contributed by atoms with van der Waals surface area (Å²) in [6.07, 6.45) is -0.113. The fourth-order valence-corrected chi connectivity index (χ4v) is 2.80. The highest BCUT2D eigenvalue weighted by atomic mass is 79.9. The lowest BCUT2D eigenvalue weighted by molar-refractivity contribution is 0.178. The summed E-state index contributed by atoms with van der Waals surface area (Å²) in [5.41, 5.74) is 1.80.